The van der Waals surface area contributed by atoms with Gasteiger partial charge >= 0.3 is 5.97 Å². The first kappa shape index (κ1) is 20.8. The molecule has 1 aromatic carbocycles. The van der Waals surface area contributed by atoms with E-state index in [0.717, 1.165) is 46.4 Å². The van der Waals surface area contributed by atoms with Crippen LogP contribution in [0.15, 0.2) is 22.0 Å². The molecule has 0 radical (unpaired) electrons. The molecule has 0 spiro atoms. The van der Waals surface area contributed by atoms with Gasteiger partial charge in [0.25, 0.3) is 5.89 Å². The molecule has 0 atom stereocenters. The predicted octanol–water partition coefficient (Wildman–Crippen LogP) is 5.87. The van der Waals surface area contributed by atoms with Crippen molar-refractivity contribution in [3.8, 4) is 22.2 Å². The zero-order valence-corrected chi connectivity index (χ0v) is 18.9. The van der Waals surface area contributed by atoms with Crippen molar-refractivity contribution in [1.82, 2.24) is 10.1 Å². The molecule has 3 aromatic rings. The van der Waals surface area contributed by atoms with Gasteiger partial charge in [0, 0.05) is 12.0 Å². The number of aliphatic carboxylic acids is 1. The van der Waals surface area contributed by atoms with Gasteiger partial charge in [0.1, 0.15) is 0 Å². The number of carboxylic acid groups (broad SMARTS) is 1. The number of hydrogen-bond donors (Lipinski definition) is 1. The first-order valence-corrected chi connectivity index (χ1v) is 11.4. The Morgan fingerprint density at radius 1 is 1.33 bits per heavy atom. The summed E-state index contributed by atoms with van der Waals surface area (Å²) >= 11 is 1.70. The molecule has 4 rings (SSSR count). The molecule has 0 fully saturated rings. The highest BCUT2D eigenvalue weighted by Gasteiger charge is 2.29. The molecule has 6 heteroatoms. The van der Waals surface area contributed by atoms with Crippen molar-refractivity contribution in [3.05, 3.63) is 45.3 Å². The number of fused-ring (bicyclic) bond motifs is 1. The zero-order chi connectivity index (χ0) is 21.5. The summed E-state index contributed by atoms with van der Waals surface area (Å²) in [5, 5.41) is 15.5. The molecular weight excluding hydrogens is 396 g/mol. The van der Waals surface area contributed by atoms with E-state index in [-0.39, 0.29) is 6.42 Å². The molecule has 1 N–H and O–H groups in total. The van der Waals surface area contributed by atoms with E-state index in [1.54, 1.807) is 11.3 Å². The Kier molecular flexibility index (Phi) is 5.53. The average molecular weight is 425 g/mol. The van der Waals surface area contributed by atoms with Crippen molar-refractivity contribution in [2.45, 2.75) is 66.2 Å². The second-order valence-electron chi connectivity index (χ2n) is 9.01. The lowest BCUT2D eigenvalue weighted by molar-refractivity contribution is -0.136. The van der Waals surface area contributed by atoms with E-state index in [4.69, 9.17) is 14.6 Å². The van der Waals surface area contributed by atoms with Gasteiger partial charge in [-0.2, -0.15) is 4.98 Å². The maximum atomic E-state index is 11.0. The highest BCUT2D eigenvalue weighted by atomic mass is 32.1. The molecule has 0 unspecified atom stereocenters. The lowest BCUT2D eigenvalue weighted by Gasteiger charge is -2.29. The molecular formula is C24H28N2O3S. The smallest absolute Gasteiger partial charge is 0.303 e. The van der Waals surface area contributed by atoms with Crippen LogP contribution in [0.4, 0.5) is 0 Å². The zero-order valence-electron chi connectivity index (χ0n) is 18.0. The molecule has 0 amide bonds. The molecule has 0 saturated heterocycles. The summed E-state index contributed by atoms with van der Waals surface area (Å²) < 4.78 is 5.68. The van der Waals surface area contributed by atoms with Gasteiger partial charge in [0.15, 0.2) is 0 Å². The fourth-order valence-electron chi connectivity index (χ4n) is 4.44. The summed E-state index contributed by atoms with van der Waals surface area (Å²) in [6.07, 6.45) is 4.83. The van der Waals surface area contributed by atoms with Crippen molar-refractivity contribution >= 4 is 17.3 Å². The van der Waals surface area contributed by atoms with Gasteiger partial charge in [0.05, 0.1) is 4.88 Å². The topological polar surface area (TPSA) is 76.2 Å². The molecule has 0 saturated carbocycles. The Labute approximate surface area is 181 Å². The summed E-state index contributed by atoms with van der Waals surface area (Å²) in [4.78, 5) is 16.8. The van der Waals surface area contributed by atoms with Crippen LogP contribution in [0.25, 0.3) is 22.2 Å². The summed E-state index contributed by atoms with van der Waals surface area (Å²) in [7, 11) is 0. The Bertz CT molecular complexity index is 1090. The van der Waals surface area contributed by atoms with Crippen molar-refractivity contribution < 1.29 is 14.4 Å². The number of aryl methyl sites for hydroxylation is 2. The minimum absolute atomic E-state index is 0.139. The van der Waals surface area contributed by atoms with Crippen LogP contribution in [0.1, 0.15) is 61.4 Å². The predicted molar refractivity (Wildman–Crippen MR) is 119 cm³/mol. The Hall–Kier alpha value is -2.47. The highest BCUT2D eigenvalue weighted by Crippen LogP contribution is 2.42. The second kappa shape index (κ2) is 7.99. The molecule has 0 bridgehead atoms. The molecule has 158 valence electrons. The van der Waals surface area contributed by atoms with Crippen LogP contribution in [-0.2, 0) is 30.5 Å². The SMILES string of the molecule is CCc1cc(-c2noc(-c3scc4c3CCC(C)(C)C4)n2)cc(C)c1CCC(=O)O. The van der Waals surface area contributed by atoms with Crippen LogP contribution < -0.4 is 0 Å². The van der Waals surface area contributed by atoms with Crippen LogP contribution in [0.3, 0.4) is 0 Å². The third kappa shape index (κ3) is 4.06. The standard InChI is InChI=1S/C24H28N2O3S/c1-5-15-11-16(10-14(2)18(15)6-7-20(27)28)22-25-23(29-26-22)21-19-8-9-24(3,4)12-17(19)13-30-21/h10-11,13H,5-9,12H2,1-4H3,(H,27,28). The number of hydrogen-bond acceptors (Lipinski definition) is 5. The maximum Gasteiger partial charge on any atom is 0.303 e. The van der Waals surface area contributed by atoms with E-state index in [1.165, 1.54) is 17.5 Å². The van der Waals surface area contributed by atoms with Crippen molar-refractivity contribution in [1.29, 1.82) is 0 Å². The maximum absolute atomic E-state index is 11.0. The number of rotatable bonds is 6. The molecule has 1 aliphatic rings. The van der Waals surface area contributed by atoms with Gasteiger partial charge < -0.3 is 9.63 Å². The highest BCUT2D eigenvalue weighted by molar-refractivity contribution is 7.13. The fraction of sp³-hybridized carbons (Fsp3) is 0.458. The van der Waals surface area contributed by atoms with E-state index >= 15 is 0 Å². The average Bonchev–Trinajstić information content (AvgIpc) is 3.31. The molecule has 0 aliphatic heterocycles. The van der Waals surface area contributed by atoms with E-state index in [0.29, 0.717) is 23.6 Å². The molecule has 2 aromatic heterocycles. The Morgan fingerprint density at radius 3 is 2.87 bits per heavy atom. The third-order valence-electron chi connectivity index (χ3n) is 6.12. The Morgan fingerprint density at radius 2 is 2.13 bits per heavy atom. The minimum atomic E-state index is -0.772. The number of aromatic nitrogens is 2. The summed E-state index contributed by atoms with van der Waals surface area (Å²) in [5.41, 5.74) is 7.39. The number of benzene rings is 1. The monoisotopic (exact) mass is 424 g/mol. The summed E-state index contributed by atoms with van der Waals surface area (Å²) in [6, 6.07) is 4.11. The minimum Gasteiger partial charge on any atom is -0.481 e. The van der Waals surface area contributed by atoms with E-state index in [9.17, 15) is 4.79 Å². The third-order valence-corrected chi connectivity index (χ3v) is 7.17. The quantitative estimate of drug-likeness (QED) is 0.536. The van der Waals surface area contributed by atoms with Gasteiger partial charge in [0.2, 0.25) is 5.82 Å². The Balaban J connectivity index is 1.64. The summed E-state index contributed by atoms with van der Waals surface area (Å²) in [5.74, 6) is 0.415. The van der Waals surface area contributed by atoms with E-state index in [2.05, 4.69) is 37.4 Å². The van der Waals surface area contributed by atoms with Crippen LogP contribution >= 0.6 is 11.3 Å². The van der Waals surface area contributed by atoms with E-state index in [1.807, 2.05) is 13.0 Å². The van der Waals surface area contributed by atoms with Crippen LogP contribution in [0, 0.1) is 12.3 Å². The van der Waals surface area contributed by atoms with Crippen molar-refractivity contribution in [3.63, 3.8) is 0 Å². The van der Waals surface area contributed by atoms with Crippen LogP contribution in [-0.4, -0.2) is 21.2 Å². The first-order valence-electron chi connectivity index (χ1n) is 10.6. The largest absolute Gasteiger partial charge is 0.481 e. The van der Waals surface area contributed by atoms with E-state index < -0.39 is 5.97 Å². The molecule has 1 aliphatic carbocycles. The first-order chi connectivity index (χ1) is 14.3. The fourth-order valence-corrected chi connectivity index (χ4v) is 5.49. The van der Waals surface area contributed by atoms with Gasteiger partial charge in [-0.15, -0.1) is 11.3 Å². The molecule has 5 nitrogen and oxygen atoms in total. The second-order valence-corrected chi connectivity index (χ2v) is 9.89. The molecule has 30 heavy (non-hydrogen) atoms. The number of nitrogens with zero attached hydrogens (tertiary/aromatic N) is 2. The normalized spacial score (nSPS) is 15.2. The van der Waals surface area contributed by atoms with Gasteiger partial charge in [-0.25, -0.2) is 0 Å². The van der Waals surface area contributed by atoms with Gasteiger partial charge in [-0.3, -0.25) is 4.79 Å². The number of thiophene rings is 1. The number of carbonyl (C=O) groups is 1. The van der Waals surface area contributed by atoms with Gasteiger partial charge in [-0.1, -0.05) is 25.9 Å². The van der Waals surface area contributed by atoms with Gasteiger partial charge in [-0.05, 0) is 89.8 Å². The number of carboxylic acids is 1. The lowest BCUT2D eigenvalue weighted by Crippen LogP contribution is -2.21. The van der Waals surface area contributed by atoms with Crippen molar-refractivity contribution in [2.24, 2.45) is 5.41 Å². The van der Waals surface area contributed by atoms with Crippen molar-refractivity contribution in [2.75, 3.05) is 0 Å². The van der Waals surface area contributed by atoms with Crippen LogP contribution in [0.2, 0.25) is 0 Å². The summed E-state index contributed by atoms with van der Waals surface area (Å²) in [6.45, 7) is 8.76. The molecule has 2 heterocycles. The van der Waals surface area contributed by atoms with Crippen LogP contribution in [0.5, 0.6) is 0 Å². The lowest BCUT2D eigenvalue weighted by atomic mass is 9.75.